The Bertz CT molecular complexity index is 694. The van der Waals surface area contributed by atoms with Gasteiger partial charge in [0.1, 0.15) is 5.75 Å². The number of rotatable bonds is 4. The van der Waals surface area contributed by atoms with Crippen LogP contribution in [0.3, 0.4) is 0 Å². The molecule has 0 spiro atoms. The van der Waals surface area contributed by atoms with Crippen LogP contribution >= 0.6 is 11.8 Å². The second-order valence-electron chi connectivity index (χ2n) is 6.12. The van der Waals surface area contributed by atoms with Crippen LogP contribution in [-0.2, 0) is 4.79 Å². The predicted octanol–water partition coefficient (Wildman–Crippen LogP) is 3.53. The van der Waals surface area contributed by atoms with Crippen molar-refractivity contribution in [1.29, 1.82) is 0 Å². The maximum atomic E-state index is 11.8. The van der Waals surface area contributed by atoms with E-state index in [1.54, 1.807) is 11.8 Å². The molecule has 0 saturated carbocycles. The number of nitrogens with one attached hydrogen (secondary N) is 2. The molecule has 0 fully saturated rings. The summed E-state index contributed by atoms with van der Waals surface area (Å²) < 4.78 is 5.74. The van der Waals surface area contributed by atoms with Gasteiger partial charge in [0, 0.05) is 11.3 Å². The van der Waals surface area contributed by atoms with E-state index in [0.29, 0.717) is 24.1 Å². The molecule has 1 atom stereocenters. The summed E-state index contributed by atoms with van der Waals surface area (Å²) in [5.41, 5.74) is 3.19. The third-order valence-electron chi connectivity index (χ3n) is 3.66. The summed E-state index contributed by atoms with van der Waals surface area (Å²) >= 11 is 1.62. The summed E-state index contributed by atoms with van der Waals surface area (Å²) in [6, 6.07) is 8.12. The number of H-pyrrole nitrogens is 1. The number of aryl methyl sites for hydroxylation is 1. The number of benzene rings is 1. The summed E-state index contributed by atoms with van der Waals surface area (Å²) in [7, 11) is 0. The van der Waals surface area contributed by atoms with Gasteiger partial charge in [0.2, 0.25) is 5.91 Å². The lowest BCUT2D eigenvalue weighted by molar-refractivity contribution is -0.113. The van der Waals surface area contributed by atoms with Gasteiger partial charge in [0.15, 0.2) is 5.82 Å². The standard InChI is InChI=1S/C17H21N3O2S/c1-10(2)8-22-13-6-4-12(5-7-13)16-15-11(3)19-20-17(15)18-14(21)9-23-16/h4-7,10,16H,8-9H2,1-3H3,(H2,18,19,20,21). The first kappa shape index (κ1) is 15.9. The molecule has 3 rings (SSSR count). The van der Waals surface area contributed by atoms with Crippen molar-refractivity contribution < 1.29 is 9.53 Å². The van der Waals surface area contributed by atoms with Crippen LogP contribution in [0.5, 0.6) is 5.75 Å². The van der Waals surface area contributed by atoms with Gasteiger partial charge < -0.3 is 10.1 Å². The highest BCUT2D eigenvalue weighted by Crippen LogP contribution is 2.42. The molecule has 122 valence electrons. The van der Waals surface area contributed by atoms with Gasteiger partial charge >= 0.3 is 0 Å². The molecule has 1 amide bonds. The number of carbonyl (C=O) groups is 1. The molecular formula is C17H21N3O2S. The molecule has 0 saturated heterocycles. The smallest absolute Gasteiger partial charge is 0.235 e. The van der Waals surface area contributed by atoms with Crippen molar-refractivity contribution in [2.24, 2.45) is 5.92 Å². The molecule has 2 N–H and O–H groups in total. The van der Waals surface area contributed by atoms with Gasteiger partial charge in [0.05, 0.1) is 17.6 Å². The minimum atomic E-state index is -0.0119. The highest BCUT2D eigenvalue weighted by molar-refractivity contribution is 8.00. The molecular weight excluding hydrogens is 310 g/mol. The Morgan fingerprint density at radius 1 is 1.35 bits per heavy atom. The number of hydrogen-bond acceptors (Lipinski definition) is 4. The average Bonchev–Trinajstić information content (AvgIpc) is 2.78. The van der Waals surface area contributed by atoms with E-state index in [-0.39, 0.29) is 11.2 Å². The summed E-state index contributed by atoms with van der Waals surface area (Å²) in [4.78, 5) is 11.8. The normalized spacial score (nSPS) is 17.6. The molecule has 2 heterocycles. The molecule has 0 radical (unpaired) electrons. The summed E-state index contributed by atoms with van der Waals surface area (Å²) in [6.45, 7) is 6.95. The lowest BCUT2D eigenvalue weighted by atomic mass is 10.0. The number of nitrogens with zero attached hydrogens (tertiary/aromatic N) is 1. The first-order valence-electron chi connectivity index (χ1n) is 7.73. The van der Waals surface area contributed by atoms with Crippen molar-refractivity contribution in [2.75, 3.05) is 17.7 Å². The van der Waals surface area contributed by atoms with Gasteiger partial charge in [-0.2, -0.15) is 5.10 Å². The van der Waals surface area contributed by atoms with E-state index in [9.17, 15) is 4.79 Å². The maximum Gasteiger partial charge on any atom is 0.235 e. The fraction of sp³-hybridized carbons (Fsp3) is 0.412. The second-order valence-corrected chi connectivity index (χ2v) is 7.22. The number of carbonyl (C=O) groups excluding carboxylic acids is 1. The van der Waals surface area contributed by atoms with E-state index < -0.39 is 0 Å². The number of aromatic nitrogens is 2. The van der Waals surface area contributed by atoms with Crippen LogP contribution in [0.1, 0.15) is 35.9 Å². The van der Waals surface area contributed by atoms with Crippen molar-refractivity contribution in [2.45, 2.75) is 26.0 Å². The van der Waals surface area contributed by atoms with Crippen LogP contribution in [-0.4, -0.2) is 28.5 Å². The molecule has 6 heteroatoms. The lowest BCUT2D eigenvalue weighted by Gasteiger charge is -2.16. The first-order valence-corrected chi connectivity index (χ1v) is 8.78. The molecule has 1 aromatic carbocycles. The van der Waals surface area contributed by atoms with E-state index >= 15 is 0 Å². The van der Waals surface area contributed by atoms with Crippen LogP contribution in [0.2, 0.25) is 0 Å². The third kappa shape index (κ3) is 3.52. The highest BCUT2D eigenvalue weighted by atomic mass is 32.2. The number of ether oxygens (including phenoxy) is 1. The fourth-order valence-corrected chi connectivity index (χ4v) is 3.72. The van der Waals surface area contributed by atoms with E-state index in [4.69, 9.17) is 4.74 Å². The van der Waals surface area contributed by atoms with Gasteiger partial charge in [-0.1, -0.05) is 26.0 Å². The van der Waals surface area contributed by atoms with Crippen molar-refractivity contribution >= 4 is 23.5 Å². The van der Waals surface area contributed by atoms with Crippen molar-refractivity contribution in [3.63, 3.8) is 0 Å². The Morgan fingerprint density at radius 3 is 2.78 bits per heavy atom. The van der Waals surface area contributed by atoms with Crippen LogP contribution in [0, 0.1) is 12.8 Å². The van der Waals surface area contributed by atoms with E-state index in [2.05, 4.69) is 41.5 Å². The van der Waals surface area contributed by atoms with E-state index in [1.807, 2.05) is 19.1 Å². The van der Waals surface area contributed by atoms with Crippen LogP contribution in [0.25, 0.3) is 0 Å². The van der Waals surface area contributed by atoms with Gasteiger partial charge in [0.25, 0.3) is 0 Å². The minimum Gasteiger partial charge on any atom is -0.493 e. The van der Waals surface area contributed by atoms with E-state index in [1.165, 1.54) is 0 Å². The molecule has 5 nitrogen and oxygen atoms in total. The summed E-state index contributed by atoms with van der Waals surface area (Å²) in [5, 5.41) is 10.1. The summed E-state index contributed by atoms with van der Waals surface area (Å²) in [6.07, 6.45) is 0. The Hall–Kier alpha value is -1.95. The van der Waals surface area contributed by atoms with Gasteiger partial charge in [-0.15, -0.1) is 11.8 Å². The lowest BCUT2D eigenvalue weighted by Crippen LogP contribution is -2.12. The van der Waals surface area contributed by atoms with Gasteiger partial charge in [-0.05, 0) is 30.5 Å². The van der Waals surface area contributed by atoms with Crippen molar-refractivity contribution in [3.8, 4) is 5.75 Å². The molecule has 0 aliphatic carbocycles. The monoisotopic (exact) mass is 331 g/mol. The Kier molecular flexibility index (Phi) is 4.61. The quantitative estimate of drug-likeness (QED) is 0.899. The number of hydrogen-bond donors (Lipinski definition) is 2. The zero-order valence-electron chi connectivity index (χ0n) is 13.6. The molecule has 23 heavy (non-hydrogen) atoms. The molecule has 1 aliphatic rings. The molecule has 1 unspecified atom stereocenters. The van der Waals surface area contributed by atoms with E-state index in [0.717, 1.165) is 22.6 Å². The number of amides is 1. The van der Waals surface area contributed by atoms with Crippen LogP contribution in [0.15, 0.2) is 24.3 Å². The number of fused-ring (bicyclic) bond motifs is 1. The topological polar surface area (TPSA) is 67.0 Å². The number of anilines is 1. The second kappa shape index (κ2) is 6.66. The minimum absolute atomic E-state index is 0.0119. The SMILES string of the molecule is Cc1[nH]nc2c1C(c1ccc(OCC(C)C)cc1)SCC(=O)N2. The number of aromatic amines is 1. The third-order valence-corrected chi connectivity index (χ3v) is 4.93. The zero-order chi connectivity index (χ0) is 16.4. The predicted molar refractivity (Wildman–Crippen MR) is 93.0 cm³/mol. The molecule has 1 aromatic heterocycles. The molecule has 0 bridgehead atoms. The van der Waals surface area contributed by atoms with Crippen LogP contribution < -0.4 is 10.1 Å². The Balaban J connectivity index is 1.86. The van der Waals surface area contributed by atoms with Gasteiger partial charge in [-0.25, -0.2) is 0 Å². The van der Waals surface area contributed by atoms with Gasteiger partial charge in [-0.3, -0.25) is 9.89 Å². The van der Waals surface area contributed by atoms with Crippen molar-refractivity contribution in [1.82, 2.24) is 10.2 Å². The maximum absolute atomic E-state index is 11.8. The first-order chi connectivity index (χ1) is 11.0. The zero-order valence-corrected chi connectivity index (χ0v) is 14.4. The molecule has 2 aromatic rings. The largest absolute Gasteiger partial charge is 0.493 e. The van der Waals surface area contributed by atoms with Crippen LogP contribution in [0.4, 0.5) is 5.82 Å². The summed E-state index contributed by atoms with van der Waals surface area (Å²) in [5.74, 6) is 2.43. The fourth-order valence-electron chi connectivity index (χ4n) is 2.53. The Labute approximate surface area is 140 Å². The average molecular weight is 331 g/mol. The Morgan fingerprint density at radius 2 is 2.09 bits per heavy atom. The number of thioether (sulfide) groups is 1. The van der Waals surface area contributed by atoms with Crippen molar-refractivity contribution in [3.05, 3.63) is 41.1 Å². The molecule has 1 aliphatic heterocycles. The highest BCUT2D eigenvalue weighted by Gasteiger charge is 2.28.